The first-order chi connectivity index (χ1) is 10.3. The highest BCUT2D eigenvalue weighted by molar-refractivity contribution is 14.1. The number of carbonyl (C=O) groups excluding carboxylic acids is 1. The monoisotopic (exact) mass is 421 g/mol. The van der Waals surface area contributed by atoms with Crippen molar-refractivity contribution in [2.75, 3.05) is 11.4 Å². The van der Waals surface area contributed by atoms with Crippen LogP contribution in [0.2, 0.25) is 0 Å². The summed E-state index contributed by atoms with van der Waals surface area (Å²) in [5, 5.41) is 4.18. The molecular weight excluding hydrogens is 410 g/mol. The Morgan fingerprint density at radius 1 is 1.27 bits per heavy atom. The molecule has 4 nitrogen and oxygen atoms in total. The lowest BCUT2D eigenvalue weighted by Crippen LogP contribution is -2.43. The predicted molar refractivity (Wildman–Crippen MR) is 82.8 cm³/mol. The number of halogens is 4. The van der Waals surface area contributed by atoms with Crippen molar-refractivity contribution in [2.24, 2.45) is 0 Å². The smallest absolute Gasteiger partial charge is 0.305 e. The van der Waals surface area contributed by atoms with Crippen LogP contribution in [0.4, 0.5) is 18.9 Å². The number of fused-ring (bicyclic) bond motifs is 1. The fourth-order valence-corrected chi connectivity index (χ4v) is 3.08. The van der Waals surface area contributed by atoms with Gasteiger partial charge in [-0.1, -0.05) is 0 Å². The van der Waals surface area contributed by atoms with Gasteiger partial charge in [0.25, 0.3) is 5.91 Å². The fourth-order valence-electron chi connectivity index (χ4n) is 2.48. The largest absolute Gasteiger partial charge is 0.416 e. The van der Waals surface area contributed by atoms with E-state index in [1.165, 1.54) is 17.0 Å². The molecule has 0 bridgehead atoms. The molecule has 3 rings (SSSR count). The van der Waals surface area contributed by atoms with Gasteiger partial charge >= 0.3 is 6.18 Å². The molecule has 1 atom stereocenters. The van der Waals surface area contributed by atoms with Gasteiger partial charge in [-0.25, -0.2) is 0 Å². The maximum absolute atomic E-state index is 12.6. The van der Waals surface area contributed by atoms with E-state index >= 15 is 0 Å². The van der Waals surface area contributed by atoms with Gasteiger partial charge < -0.3 is 4.90 Å². The number of carbonyl (C=O) groups is 1. The van der Waals surface area contributed by atoms with Gasteiger partial charge in [0.15, 0.2) is 0 Å². The van der Waals surface area contributed by atoms with Crippen molar-refractivity contribution in [1.29, 1.82) is 0 Å². The number of amides is 1. The first-order valence-electron chi connectivity index (χ1n) is 6.51. The quantitative estimate of drug-likeness (QED) is 0.659. The number of aromatic nitrogens is 2. The lowest BCUT2D eigenvalue weighted by molar-refractivity contribution is -0.137. The number of hydrogen-bond acceptors (Lipinski definition) is 2. The average molecular weight is 421 g/mol. The molecule has 2 heterocycles. The Morgan fingerprint density at radius 2 is 1.91 bits per heavy atom. The van der Waals surface area contributed by atoms with E-state index in [0.717, 1.165) is 15.7 Å². The van der Waals surface area contributed by atoms with Crippen LogP contribution in [0, 0.1) is 3.57 Å². The number of anilines is 1. The Bertz CT molecular complexity index is 724. The minimum Gasteiger partial charge on any atom is -0.305 e. The molecule has 1 unspecified atom stereocenters. The van der Waals surface area contributed by atoms with Crippen LogP contribution in [0.25, 0.3) is 0 Å². The second-order valence-corrected chi connectivity index (χ2v) is 6.26. The first-order valence-corrected chi connectivity index (χ1v) is 7.59. The van der Waals surface area contributed by atoms with Gasteiger partial charge in [-0.05, 0) is 53.8 Å². The summed E-state index contributed by atoms with van der Waals surface area (Å²) in [4.78, 5) is 14.1. The third kappa shape index (κ3) is 2.49. The van der Waals surface area contributed by atoms with E-state index in [-0.39, 0.29) is 11.9 Å². The molecule has 2 aromatic rings. The lowest BCUT2D eigenvalue weighted by Gasteiger charge is -2.32. The first kappa shape index (κ1) is 15.3. The zero-order valence-corrected chi connectivity index (χ0v) is 13.6. The molecular formula is C14H11F3IN3O. The molecule has 1 aromatic carbocycles. The Morgan fingerprint density at radius 3 is 2.50 bits per heavy atom. The molecule has 1 aliphatic rings. The maximum atomic E-state index is 12.6. The van der Waals surface area contributed by atoms with E-state index < -0.39 is 11.7 Å². The molecule has 0 N–H and O–H groups in total. The Balaban J connectivity index is 1.96. The van der Waals surface area contributed by atoms with Crippen LogP contribution in [-0.4, -0.2) is 22.2 Å². The molecule has 1 amide bonds. The van der Waals surface area contributed by atoms with Crippen molar-refractivity contribution in [3.8, 4) is 0 Å². The minimum atomic E-state index is -4.38. The van der Waals surface area contributed by atoms with Gasteiger partial charge in [0, 0.05) is 12.2 Å². The SMILES string of the molecule is CC1CN(c2ccc(C(F)(F)F)cc2)C(=O)c2c(I)cnn21. The summed E-state index contributed by atoms with van der Waals surface area (Å²) in [7, 11) is 0. The highest BCUT2D eigenvalue weighted by Gasteiger charge is 2.34. The molecule has 1 aromatic heterocycles. The van der Waals surface area contributed by atoms with E-state index in [1.54, 1.807) is 10.9 Å². The molecule has 116 valence electrons. The van der Waals surface area contributed by atoms with Gasteiger partial charge in [0.1, 0.15) is 5.69 Å². The van der Waals surface area contributed by atoms with Crippen molar-refractivity contribution in [3.63, 3.8) is 0 Å². The molecule has 0 saturated heterocycles. The van der Waals surface area contributed by atoms with E-state index in [4.69, 9.17) is 0 Å². The zero-order valence-electron chi connectivity index (χ0n) is 11.4. The van der Waals surface area contributed by atoms with Gasteiger partial charge in [-0.15, -0.1) is 0 Å². The third-order valence-corrected chi connectivity index (χ3v) is 4.36. The molecule has 0 radical (unpaired) electrons. The number of benzene rings is 1. The van der Waals surface area contributed by atoms with Crippen LogP contribution in [0.3, 0.4) is 0 Å². The molecule has 8 heteroatoms. The van der Waals surface area contributed by atoms with E-state index in [0.29, 0.717) is 17.9 Å². The normalized spacial score (nSPS) is 18.5. The number of nitrogens with zero attached hydrogens (tertiary/aromatic N) is 3. The van der Waals surface area contributed by atoms with Crippen LogP contribution in [0.1, 0.15) is 29.0 Å². The highest BCUT2D eigenvalue weighted by atomic mass is 127. The summed E-state index contributed by atoms with van der Waals surface area (Å²) in [5.74, 6) is -0.250. The number of hydrogen-bond donors (Lipinski definition) is 0. The third-order valence-electron chi connectivity index (χ3n) is 3.57. The standard InChI is InChI=1S/C14H11F3IN3O/c1-8-7-20(13(22)12-11(18)6-19-21(8)12)10-4-2-9(3-5-10)14(15,16)17/h2-6,8H,7H2,1H3. The van der Waals surface area contributed by atoms with Gasteiger partial charge in [-0.3, -0.25) is 9.48 Å². The van der Waals surface area contributed by atoms with Crippen molar-refractivity contribution in [1.82, 2.24) is 9.78 Å². The van der Waals surface area contributed by atoms with Crippen molar-refractivity contribution < 1.29 is 18.0 Å². The van der Waals surface area contributed by atoms with Crippen LogP contribution >= 0.6 is 22.6 Å². The summed E-state index contributed by atoms with van der Waals surface area (Å²) in [6.07, 6.45) is -2.77. The van der Waals surface area contributed by atoms with Gasteiger partial charge in [0.05, 0.1) is 21.4 Å². The van der Waals surface area contributed by atoms with Crippen molar-refractivity contribution in [3.05, 3.63) is 45.3 Å². The zero-order chi connectivity index (χ0) is 16.1. The Labute approximate surface area is 138 Å². The Hall–Kier alpha value is -1.58. The molecule has 0 saturated carbocycles. The molecule has 0 fully saturated rings. The topological polar surface area (TPSA) is 38.1 Å². The molecule has 22 heavy (non-hydrogen) atoms. The van der Waals surface area contributed by atoms with Crippen LogP contribution < -0.4 is 4.90 Å². The lowest BCUT2D eigenvalue weighted by atomic mass is 10.1. The summed E-state index contributed by atoms with van der Waals surface area (Å²) >= 11 is 2.03. The summed E-state index contributed by atoms with van der Waals surface area (Å²) in [6, 6.07) is 4.59. The average Bonchev–Trinajstić information content (AvgIpc) is 2.85. The number of alkyl halides is 3. The fraction of sp³-hybridized carbons (Fsp3) is 0.286. The summed E-state index contributed by atoms with van der Waals surface area (Å²) in [5.41, 5.74) is 0.195. The van der Waals surface area contributed by atoms with Gasteiger partial charge in [-0.2, -0.15) is 18.3 Å². The van der Waals surface area contributed by atoms with Crippen molar-refractivity contribution in [2.45, 2.75) is 19.1 Å². The second kappa shape index (κ2) is 5.25. The van der Waals surface area contributed by atoms with E-state index in [9.17, 15) is 18.0 Å². The van der Waals surface area contributed by atoms with Crippen LogP contribution in [0.15, 0.2) is 30.5 Å². The molecule has 0 spiro atoms. The van der Waals surface area contributed by atoms with E-state index in [2.05, 4.69) is 5.10 Å². The molecule has 1 aliphatic heterocycles. The summed E-state index contributed by atoms with van der Waals surface area (Å²) in [6.45, 7) is 2.28. The molecule has 0 aliphatic carbocycles. The highest BCUT2D eigenvalue weighted by Crippen LogP contribution is 2.32. The minimum absolute atomic E-state index is 0.0430. The van der Waals surface area contributed by atoms with Crippen LogP contribution in [-0.2, 0) is 6.18 Å². The predicted octanol–water partition coefficient (Wildman–Crippen LogP) is 3.73. The number of rotatable bonds is 1. The van der Waals surface area contributed by atoms with Crippen molar-refractivity contribution >= 4 is 34.2 Å². The summed E-state index contributed by atoms with van der Waals surface area (Å²) < 4.78 is 40.2. The second-order valence-electron chi connectivity index (χ2n) is 5.10. The van der Waals surface area contributed by atoms with Crippen LogP contribution in [0.5, 0.6) is 0 Å². The Kier molecular flexibility index (Phi) is 3.66. The maximum Gasteiger partial charge on any atom is 0.416 e. The van der Waals surface area contributed by atoms with E-state index in [1.807, 2.05) is 29.5 Å². The van der Waals surface area contributed by atoms with Gasteiger partial charge in [0.2, 0.25) is 0 Å².